The third-order valence-electron chi connectivity index (χ3n) is 3.58. The lowest BCUT2D eigenvalue weighted by Crippen LogP contribution is -2.45. The topological polar surface area (TPSA) is 107 Å². The van der Waals surface area contributed by atoms with Crippen LogP contribution in [0.1, 0.15) is 6.42 Å². The molecule has 2 amide bonds. The number of likely N-dealkylation sites (tertiary alicyclic amines) is 1. The normalized spacial score (nSPS) is 17.8. The maximum Gasteiger partial charge on any atom is 0.325 e. The van der Waals surface area contributed by atoms with Crippen molar-refractivity contribution in [3.8, 4) is 5.75 Å². The number of anilines is 1. The molecule has 1 aliphatic heterocycles. The number of carbonyl (C=O) groups is 2. The number of carbonyl (C=O) groups excluding carboxylic acids is 1. The van der Waals surface area contributed by atoms with E-state index in [4.69, 9.17) is 10.8 Å². The molecule has 0 spiro atoms. The van der Waals surface area contributed by atoms with Crippen LogP contribution in [0, 0.1) is 5.92 Å². The third-order valence-corrected chi connectivity index (χ3v) is 3.58. The van der Waals surface area contributed by atoms with Gasteiger partial charge in [0.15, 0.2) is 0 Å². The van der Waals surface area contributed by atoms with Gasteiger partial charge in [-0.2, -0.15) is 0 Å². The zero-order valence-electron chi connectivity index (χ0n) is 11.6. The summed E-state index contributed by atoms with van der Waals surface area (Å²) in [7, 11) is 0. The first-order valence-electron chi connectivity index (χ1n) is 6.78. The standard InChI is InChI=1S/C14H19N3O4/c15-7-10-5-6-16(8-10)14(21)17(9-13(19)20)11-1-3-12(18)4-2-11/h1-4,10,18H,5-9,15H2,(H,19,20). The molecule has 7 nitrogen and oxygen atoms in total. The molecule has 1 atom stereocenters. The van der Waals surface area contributed by atoms with Crippen molar-refractivity contribution in [2.45, 2.75) is 6.42 Å². The Labute approximate surface area is 122 Å². The van der Waals surface area contributed by atoms with Crippen molar-refractivity contribution in [1.29, 1.82) is 0 Å². The molecular formula is C14H19N3O4. The summed E-state index contributed by atoms with van der Waals surface area (Å²) in [5.74, 6) is -0.766. The van der Waals surface area contributed by atoms with E-state index in [1.807, 2.05) is 0 Å². The molecule has 21 heavy (non-hydrogen) atoms. The summed E-state index contributed by atoms with van der Waals surface area (Å²) in [6.07, 6.45) is 0.832. The van der Waals surface area contributed by atoms with Gasteiger partial charge in [-0.25, -0.2) is 4.79 Å². The Morgan fingerprint density at radius 3 is 2.52 bits per heavy atom. The van der Waals surface area contributed by atoms with Crippen molar-refractivity contribution < 1.29 is 19.8 Å². The molecule has 1 heterocycles. The summed E-state index contributed by atoms with van der Waals surface area (Å²) in [6.45, 7) is 1.22. The van der Waals surface area contributed by atoms with E-state index in [9.17, 15) is 14.7 Å². The van der Waals surface area contributed by atoms with E-state index in [0.717, 1.165) is 6.42 Å². The SMILES string of the molecule is NCC1CCN(C(=O)N(CC(=O)O)c2ccc(O)cc2)C1. The number of rotatable bonds is 4. The molecule has 2 rings (SSSR count). The fourth-order valence-electron chi connectivity index (χ4n) is 2.41. The molecule has 1 saturated heterocycles. The van der Waals surface area contributed by atoms with Crippen LogP contribution < -0.4 is 10.6 Å². The van der Waals surface area contributed by atoms with Gasteiger partial charge in [-0.1, -0.05) is 0 Å². The molecule has 1 fully saturated rings. The number of hydrogen-bond acceptors (Lipinski definition) is 4. The van der Waals surface area contributed by atoms with Gasteiger partial charge in [-0.05, 0) is 43.1 Å². The van der Waals surface area contributed by atoms with E-state index in [-0.39, 0.29) is 17.7 Å². The number of nitrogens with two attached hydrogens (primary N) is 1. The Bertz CT molecular complexity index is 517. The van der Waals surface area contributed by atoms with Gasteiger partial charge in [0.25, 0.3) is 0 Å². The van der Waals surface area contributed by atoms with E-state index in [1.54, 1.807) is 4.90 Å². The molecule has 0 bridgehead atoms. The van der Waals surface area contributed by atoms with Gasteiger partial charge in [0.1, 0.15) is 12.3 Å². The molecule has 1 aromatic carbocycles. The maximum absolute atomic E-state index is 12.5. The summed E-state index contributed by atoms with van der Waals surface area (Å²) >= 11 is 0. The number of hydrogen-bond donors (Lipinski definition) is 3. The van der Waals surface area contributed by atoms with Crippen molar-refractivity contribution in [2.75, 3.05) is 31.1 Å². The minimum absolute atomic E-state index is 0.0610. The van der Waals surface area contributed by atoms with E-state index < -0.39 is 12.5 Å². The molecule has 7 heteroatoms. The van der Waals surface area contributed by atoms with Crippen LogP contribution >= 0.6 is 0 Å². The number of carboxylic acids is 1. The largest absolute Gasteiger partial charge is 0.508 e. The first-order chi connectivity index (χ1) is 10.0. The van der Waals surface area contributed by atoms with Gasteiger partial charge < -0.3 is 20.8 Å². The number of aliphatic carboxylic acids is 1. The molecule has 114 valence electrons. The van der Waals surface area contributed by atoms with Gasteiger partial charge >= 0.3 is 12.0 Å². The first-order valence-corrected chi connectivity index (χ1v) is 6.78. The molecule has 0 saturated carbocycles. The van der Waals surface area contributed by atoms with Gasteiger partial charge in [0, 0.05) is 18.8 Å². The van der Waals surface area contributed by atoms with E-state index in [2.05, 4.69) is 0 Å². The lowest BCUT2D eigenvalue weighted by Gasteiger charge is -2.27. The number of phenolic OH excluding ortho intramolecular Hbond substituents is 1. The monoisotopic (exact) mass is 293 g/mol. The lowest BCUT2D eigenvalue weighted by atomic mass is 10.1. The Hall–Kier alpha value is -2.28. The Morgan fingerprint density at radius 1 is 1.33 bits per heavy atom. The van der Waals surface area contributed by atoms with Crippen molar-refractivity contribution in [3.05, 3.63) is 24.3 Å². The summed E-state index contributed by atoms with van der Waals surface area (Å²) in [5, 5.41) is 18.3. The molecule has 0 aliphatic carbocycles. The quantitative estimate of drug-likeness (QED) is 0.757. The smallest absolute Gasteiger partial charge is 0.325 e. The molecule has 4 N–H and O–H groups in total. The number of phenols is 1. The molecular weight excluding hydrogens is 274 g/mol. The van der Waals surface area contributed by atoms with Crippen LogP contribution in [0.4, 0.5) is 10.5 Å². The summed E-state index contributed by atoms with van der Waals surface area (Å²) in [6, 6.07) is 5.53. The van der Waals surface area contributed by atoms with Crippen LogP contribution in [0.2, 0.25) is 0 Å². The number of benzene rings is 1. The van der Waals surface area contributed by atoms with Crippen LogP contribution in [0.5, 0.6) is 5.75 Å². The molecule has 1 aromatic rings. The fraction of sp³-hybridized carbons (Fsp3) is 0.429. The van der Waals surface area contributed by atoms with Gasteiger partial charge in [0.05, 0.1) is 0 Å². The van der Waals surface area contributed by atoms with Crippen LogP contribution in [0.15, 0.2) is 24.3 Å². The second-order valence-corrected chi connectivity index (χ2v) is 5.12. The summed E-state index contributed by atoms with van der Waals surface area (Å²) in [4.78, 5) is 26.3. The van der Waals surface area contributed by atoms with E-state index >= 15 is 0 Å². The predicted octanol–water partition coefficient (Wildman–Crippen LogP) is 0.684. The number of nitrogens with zero attached hydrogens (tertiary/aromatic N) is 2. The van der Waals surface area contributed by atoms with Crippen molar-refractivity contribution in [2.24, 2.45) is 11.7 Å². The van der Waals surface area contributed by atoms with Gasteiger partial charge in [-0.15, -0.1) is 0 Å². The molecule has 0 radical (unpaired) electrons. The molecule has 1 unspecified atom stereocenters. The van der Waals surface area contributed by atoms with Crippen LogP contribution in [0.25, 0.3) is 0 Å². The van der Waals surface area contributed by atoms with Crippen LogP contribution in [0.3, 0.4) is 0 Å². The predicted molar refractivity (Wildman–Crippen MR) is 77.2 cm³/mol. The highest BCUT2D eigenvalue weighted by Crippen LogP contribution is 2.22. The second-order valence-electron chi connectivity index (χ2n) is 5.12. The number of amides is 2. The van der Waals surface area contributed by atoms with Gasteiger partial charge in [0.2, 0.25) is 0 Å². The van der Waals surface area contributed by atoms with Crippen molar-refractivity contribution >= 4 is 17.7 Å². The maximum atomic E-state index is 12.5. The second kappa shape index (κ2) is 6.45. The Morgan fingerprint density at radius 2 is 2.00 bits per heavy atom. The average molecular weight is 293 g/mol. The van der Waals surface area contributed by atoms with Crippen molar-refractivity contribution in [3.63, 3.8) is 0 Å². The summed E-state index contributed by atoms with van der Waals surface area (Å²) in [5.41, 5.74) is 6.05. The number of urea groups is 1. The minimum atomic E-state index is -1.09. The number of carboxylic acid groups (broad SMARTS) is 1. The third kappa shape index (κ3) is 3.63. The van der Waals surface area contributed by atoms with E-state index in [0.29, 0.717) is 25.3 Å². The highest BCUT2D eigenvalue weighted by atomic mass is 16.4. The van der Waals surface area contributed by atoms with E-state index in [1.165, 1.54) is 29.2 Å². The highest BCUT2D eigenvalue weighted by Gasteiger charge is 2.30. The summed E-state index contributed by atoms with van der Waals surface area (Å²) < 4.78 is 0. The number of aromatic hydroxyl groups is 1. The van der Waals surface area contributed by atoms with Gasteiger partial charge in [-0.3, -0.25) is 9.69 Å². The molecule has 1 aliphatic rings. The van der Waals surface area contributed by atoms with Crippen LogP contribution in [-0.2, 0) is 4.79 Å². The highest BCUT2D eigenvalue weighted by molar-refractivity contribution is 5.96. The lowest BCUT2D eigenvalue weighted by molar-refractivity contribution is -0.135. The first kappa shape index (κ1) is 15.1. The zero-order valence-corrected chi connectivity index (χ0v) is 11.6. The minimum Gasteiger partial charge on any atom is -0.508 e. The van der Waals surface area contributed by atoms with Crippen molar-refractivity contribution in [1.82, 2.24) is 4.90 Å². The Balaban J connectivity index is 2.17. The molecule has 0 aromatic heterocycles. The fourth-order valence-corrected chi connectivity index (χ4v) is 2.41. The Kier molecular flexibility index (Phi) is 4.64. The average Bonchev–Trinajstić information content (AvgIpc) is 2.94. The zero-order chi connectivity index (χ0) is 15.4. The van der Waals surface area contributed by atoms with Crippen LogP contribution in [-0.4, -0.2) is 53.3 Å².